The number of hydrogen-bond donors (Lipinski definition) is 1. The Labute approximate surface area is 201 Å². The highest BCUT2D eigenvalue weighted by Gasteiger charge is 2.45. The largest absolute Gasteiger partial charge is 0.507 e. The first kappa shape index (κ1) is 27.4. The van der Waals surface area contributed by atoms with Crippen LogP contribution in [0.15, 0.2) is 24.8 Å². The molecule has 1 N–H and O–H groups in total. The molecule has 0 radical (unpaired) electrons. The van der Waals surface area contributed by atoms with E-state index in [9.17, 15) is 19.5 Å². The van der Waals surface area contributed by atoms with E-state index in [1.54, 1.807) is 60.6 Å². The van der Waals surface area contributed by atoms with Crippen molar-refractivity contribution in [2.24, 2.45) is 10.8 Å². The predicted molar refractivity (Wildman–Crippen MR) is 126 cm³/mol. The molecule has 8 heteroatoms. The number of carbonyl (C=O) groups excluding carboxylic acids is 3. The van der Waals surface area contributed by atoms with E-state index in [-0.39, 0.29) is 30.1 Å². The van der Waals surface area contributed by atoms with Crippen LogP contribution in [0.3, 0.4) is 0 Å². The summed E-state index contributed by atoms with van der Waals surface area (Å²) < 4.78 is 23.1. The van der Waals surface area contributed by atoms with Crippen molar-refractivity contribution in [3.8, 4) is 11.5 Å². The molecule has 1 heterocycles. The fourth-order valence-corrected chi connectivity index (χ4v) is 3.40. The van der Waals surface area contributed by atoms with Crippen LogP contribution in [0.4, 0.5) is 0 Å². The van der Waals surface area contributed by atoms with E-state index in [0.717, 1.165) is 0 Å². The van der Waals surface area contributed by atoms with Gasteiger partial charge in [-0.05, 0) is 60.6 Å². The first-order valence-electron chi connectivity index (χ1n) is 11.3. The molecule has 188 valence electrons. The Morgan fingerprint density at radius 3 is 2.24 bits per heavy atom. The third-order valence-corrected chi connectivity index (χ3v) is 5.41. The molecule has 1 aliphatic heterocycles. The van der Waals surface area contributed by atoms with Gasteiger partial charge in [-0.25, -0.2) is 0 Å². The summed E-state index contributed by atoms with van der Waals surface area (Å²) in [6.07, 6.45) is -0.872. The van der Waals surface area contributed by atoms with Gasteiger partial charge in [-0.2, -0.15) is 0 Å². The van der Waals surface area contributed by atoms with Gasteiger partial charge in [0.15, 0.2) is 12.4 Å². The van der Waals surface area contributed by atoms with Crippen LogP contribution in [0.1, 0.15) is 76.9 Å². The van der Waals surface area contributed by atoms with Crippen molar-refractivity contribution < 1.29 is 38.4 Å². The van der Waals surface area contributed by atoms with Gasteiger partial charge in [0.25, 0.3) is 0 Å². The van der Waals surface area contributed by atoms with Crippen LogP contribution >= 0.6 is 0 Å². The van der Waals surface area contributed by atoms with Crippen molar-refractivity contribution in [2.45, 2.75) is 79.3 Å². The maximum Gasteiger partial charge on any atom is 0.311 e. The number of aldehydes is 1. The van der Waals surface area contributed by atoms with Crippen molar-refractivity contribution in [1.29, 1.82) is 0 Å². The smallest absolute Gasteiger partial charge is 0.311 e. The normalized spacial score (nSPS) is 23.0. The van der Waals surface area contributed by atoms with E-state index in [0.29, 0.717) is 11.8 Å². The quantitative estimate of drug-likeness (QED) is 0.347. The van der Waals surface area contributed by atoms with E-state index in [1.165, 1.54) is 6.08 Å². The van der Waals surface area contributed by atoms with Crippen molar-refractivity contribution >= 4 is 18.2 Å². The van der Waals surface area contributed by atoms with Gasteiger partial charge in [-0.1, -0.05) is 12.7 Å². The number of phenols is 1. The zero-order valence-corrected chi connectivity index (χ0v) is 21.0. The molecule has 0 unspecified atom stereocenters. The number of benzene rings is 1. The summed E-state index contributed by atoms with van der Waals surface area (Å²) in [6.45, 7) is 15.9. The van der Waals surface area contributed by atoms with Crippen molar-refractivity contribution in [3.05, 3.63) is 35.9 Å². The summed E-state index contributed by atoms with van der Waals surface area (Å²) in [5, 5.41) is 10.8. The molecule has 0 aliphatic carbocycles. The van der Waals surface area contributed by atoms with Gasteiger partial charge in [0.05, 0.1) is 28.6 Å². The summed E-state index contributed by atoms with van der Waals surface area (Å²) in [7, 11) is 0. The Hall–Kier alpha value is -2.87. The van der Waals surface area contributed by atoms with Crippen molar-refractivity contribution in [2.75, 3.05) is 6.61 Å². The van der Waals surface area contributed by atoms with Crippen LogP contribution < -0.4 is 4.74 Å². The van der Waals surface area contributed by atoms with Gasteiger partial charge >= 0.3 is 11.9 Å². The molecule has 8 nitrogen and oxygen atoms in total. The van der Waals surface area contributed by atoms with Crippen molar-refractivity contribution in [3.63, 3.8) is 0 Å². The topological polar surface area (TPSA) is 108 Å². The highest BCUT2D eigenvalue weighted by molar-refractivity contribution is 5.84. The standard InChI is InChI=1S/C26H36O8/c1-9-12-31-18-11-10-16(21(28)17(18)14-27)19-13-20(33-23(29)25(3,4)5)22(15(2)32-19)34-24(30)26(6,7)8/h9-11,14-15,19-20,22,28H,1,12-13H2,2-8H3/t15-,19-,20-,22-/m0/s1. The molecule has 1 aromatic rings. The molecular weight excluding hydrogens is 440 g/mol. The summed E-state index contributed by atoms with van der Waals surface area (Å²) >= 11 is 0. The van der Waals surface area contributed by atoms with Crippen LogP contribution in [0.2, 0.25) is 0 Å². The molecule has 2 rings (SSSR count). The molecular formula is C26H36O8. The van der Waals surface area contributed by atoms with Crippen LogP contribution in [0, 0.1) is 10.8 Å². The van der Waals surface area contributed by atoms with Crippen LogP contribution in [0.5, 0.6) is 11.5 Å². The maximum absolute atomic E-state index is 12.7. The molecule has 0 bridgehead atoms. The first-order valence-corrected chi connectivity index (χ1v) is 11.3. The predicted octanol–water partition coefficient (Wildman–Crippen LogP) is 4.54. The minimum atomic E-state index is -0.836. The lowest BCUT2D eigenvalue weighted by Gasteiger charge is -2.41. The Bertz CT molecular complexity index is 922. The number of ether oxygens (including phenoxy) is 4. The van der Waals surface area contributed by atoms with E-state index in [4.69, 9.17) is 18.9 Å². The van der Waals surface area contributed by atoms with Crippen LogP contribution in [0.25, 0.3) is 0 Å². The lowest BCUT2D eigenvalue weighted by Crippen LogP contribution is -2.50. The zero-order chi connectivity index (χ0) is 25.8. The van der Waals surface area contributed by atoms with E-state index in [1.807, 2.05) is 0 Å². The Morgan fingerprint density at radius 1 is 1.12 bits per heavy atom. The molecule has 34 heavy (non-hydrogen) atoms. The minimum Gasteiger partial charge on any atom is -0.507 e. The highest BCUT2D eigenvalue weighted by Crippen LogP contribution is 2.42. The van der Waals surface area contributed by atoms with Crippen LogP contribution in [-0.4, -0.2) is 48.3 Å². The first-order chi connectivity index (χ1) is 15.7. The summed E-state index contributed by atoms with van der Waals surface area (Å²) in [5.41, 5.74) is -1.20. The second-order valence-electron chi connectivity index (χ2n) is 10.5. The molecule has 1 fully saturated rings. The molecule has 1 aliphatic rings. The third kappa shape index (κ3) is 6.38. The van der Waals surface area contributed by atoms with E-state index < -0.39 is 47.2 Å². The molecule has 0 amide bonds. The molecule has 0 aromatic heterocycles. The number of hydrogen-bond acceptors (Lipinski definition) is 8. The van der Waals surface area contributed by atoms with Gasteiger partial charge < -0.3 is 24.1 Å². The second-order valence-corrected chi connectivity index (χ2v) is 10.5. The SMILES string of the molecule is C=CCOc1ccc([C@@H]2C[C@H](OC(=O)C(C)(C)C)[C@@H](OC(=O)C(C)(C)C)[C@H](C)O2)c(O)c1C=O. The average molecular weight is 477 g/mol. The molecule has 4 atom stereocenters. The summed E-state index contributed by atoms with van der Waals surface area (Å²) in [4.78, 5) is 37.0. The Morgan fingerprint density at radius 2 is 1.71 bits per heavy atom. The highest BCUT2D eigenvalue weighted by atomic mass is 16.6. The van der Waals surface area contributed by atoms with Gasteiger partial charge in [0.2, 0.25) is 0 Å². The molecule has 0 spiro atoms. The zero-order valence-electron chi connectivity index (χ0n) is 21.0. The fourth-order valence-electron chi connectivity index (χ4n) is 3.40. The Kier molecular flexibility index (Phi) is 8.53. The lowest BCUT2D eigenvalue weighted by atomic mass is 9.91. The number of carbonyl (C=O) groups is 3. The van der Waals surface area contributed by atoms with Crippen LogP contribution in [-0.2, 0) is 23.8 Å². The van der Waals surface area contributed by atoms with Gasteiger partial charge in [-0.15, -0.1) is 0 Å². The van der Waals surface area contributed by atoms with E-state index in [2.05, 4.69) is 6.58 Å². The Balaban J connectivity index is 2.40. The second kappa shape index (κ2) is 10.6. The number of rotatable bonds is 7. The average Bonchev–Trinajstić information content (AvgIpc) is 2.72. The fraction of sp³-hybridized carbons (Fsp3) is 0.577. The number of esters is 2. The van der Waals surface area contributed by atoms with Gasteiger partial charge in [0, 0.05) is 12.0 Å². The maximum atomic E-state index is 12.7. The minimum absolute atomic E-state index is 0.0138. The van der Waals surface area contributed by atoms with E-state index >= 15 is 0 Å². The number of aromatic hydroxyl groups is 1. The van der Waals surface area contributed by atoms with Gasteiger partial charge in [0.1, 0.15) is 24.2 Å². The third-order valence-electron chi connectivity index (χ3n) is 5.41. The molecule has 0 saturated carbocycles. The number of phenolic OH excluding ortho intramolecular Hbond substituents is 1. The van der Waals surface area contributed by atoms with Gasteiger partial charge in [-0.3, -0.25) is 14.4 Å². The van der Waals surface area contributed by atoms with Crippen molar-refractivity contribution in [1.82, 2.24) is 0 Å². The molecule has 1 saturated heterocycles. The monoisotopic (exact) mass is 476 g/mol. The summed E-state index contributed by atoms with van der Waals surface area (Å²) in [6, 6.07) is 3.17. The lowest BCUT2D eigenvalue weighted by molar-refractivity contribution is -0.214. The summed E-state index contributed by atoms with van der Waals surface area (Å²) in [5.74, 6) is -0.960. The molecule has 1 aromatic carbocycles.